The van der Waals surface area contributed by atoms with Crippen LogP contribution in [0.3, 0.4) is 0 Å². The topological polar surface area (TPSA) is 644 Å². The quantitative estimate of drug-likeness (QED) is 0.0188. The third-order valence-corrected chi connectivity index (χ3v) is 26.2. The first-order chi connectivity index (χ1) is 61.8. The number of halogens is 4. The van der Waals surface area contributed by atoms with Gasteiger partial charge in [-0.15, -0.1) is 0 Å². The van der Waals surface area contributed by atoms with E-state index in [0.717, 1.165) is 47.1 Å². The number of amides is 4. The van der Waals surface area contributed by atoms with Crippen LogP contribution in [0.15, 0.2) is 172 Å². The van der Waals surface area contributed by atoms with Crippen LogP contribution in [0.1, 0.15) is 72.8 Å². The molecule has 14 heterocycles. The van der Waals surface area contributed by atoms with Crippen LogP contribution in [0.5, 0.6) is 0 Å². The zero-order chi connectivity index (χ0) is 89.2. The van der Waals surface area contributed by atoms with Gasteiger partial charge in [-0.1, -0.05) is 72.8 Å². The number of aromatic nitrogens is 16. The van der Waals surface area contributed by atoms with E-state index in [1.807, 2.05) is 6.07 Å². The second kappa shape index (κ2) is 39.3. The zero-order valence-corrected chi connectivity index (χ0v) is 70.6. The number of nitrogens with zero attached hydrogens (tertiary/aromatic N) is 18. The summed E-state index contributed by atoms with van der Waals surface area (Å²) in [5.74, 6) is -2.06. The maximum Gasteiger partial charge on any atom is 0.406 e. The van der Waals surface area contributed by atoms with Crippen LogP contribution in [-0.2, 0) is 64.4 Å². The summed E-state index contributed by atoms with van der Waals surface area (Å²) in [7, 11) is -19.9. The van der Waals surface area contributed by atoms with Crippen LogP contribution < -0.4 is 63.7 Å². The number of carbonyl (C=O) groups excluding carboxylic acids is 4. The number of hydrogen-bond donors (Lipinski definition) is 10. The molecule has 130 heavy (non-hydrogen) atoms. The average molecular weight is 1880 g/mol. The van der Waals surface area contributed by atoms with Gasteiger partial charge in [0.1, 0.15) is 56.3 Å². The van der Waals surface area contributed by atoms with Gasteiger partial charge < -0.3 is 76.2 Å². The van der Waals surface area contributed by atoms with Crippen LogP contribution in [0.4, 0.5) is 40.8 Å². The van der Waals surface area contributed by atoms with Crippen LogP contribution in [0.2, 0.25) is 0 Å². The van der Waals surface area contributed by atoms with Gasteiger partial charge in [0.05, 0.1) is 95.0 Å². The van der Waals surface area contributed by atoms with Crippen molar-refractivity contribution in [3.8, 4) is 6.07 Å². The first-order valence-corrected chi connectivity index (χ1v) is 44.9. The van der Waals surface area contributed by atoms with Crippen LogP contribution in [-0.4, -0.2) is 221 Å². The molecule has 0 aliphatic carbocycles. The molecule has 680 valence electrons. The SMILES string of the molecule is N.N.O=C(Nc1ncnc2c1ncn2[C@@H]1O[C@@H]2COP(=O)([O-])N[C@H]3[C@@H](F)[C@H](n4cnc5c(NC(=O)c6ccccc6)ncnc54)O[C@@H]3COP(=O)([O-])N[C@H]2[C@H]1F)c1ccccc1.[C-]#[N+]CCOP1(=O)N[C@H]2[C@@H](F)[C@H](n3cnc4c(NC(=O)c5ccccc5)ncnc43)O[C@@H]2COP(=O)(OCCC#N)N[C@H]2[C@@H](F)[C@H](n3cnc4c(NC(=O)c5ccccc5)ncnc43)O[C@@H]2CO1. The molecule has 56 heteroatoms. The molecule has 48 nitrogen and oxygen atoms in total. The first kappa shape index (κ1) is 92.6. The molecular weight excluding hydrogens is 1800 g/mol. The Morgan fingerprint density at radius 3 is 0.954 bits per heavy atom. The molecule has 0 spiro atoms. The normalized spacial score (nSPS) is 29.1. The third-order valence-electron chi connectivity index (χ3n) is 20.7. The number of ether oxygens (including phenoxy) is 4. The molecule has 6 aliphatic heterocycles. The van der Waals surface area contributed by atoms with Crippen LogP contribution >= 0.6 is 31.0 Å². The summed E-state index contributed by atoms with van der Waals surface area (Å²) in [6.45, 7) is 2.64. The molecule has 6 fully saturated rings. The standard InChI is InChI=1S/C40H38F2N14O10P2.C34H32F2N12O10P2.2H3N/c1-44-14-16-62-68(60)54-30-25(65-40(28(30)42)56-22-50-32-34(46-20-48-36(32)56)52-38(58)24-11-6-3-7-12-24)17-63-67(59,61-15-8-13-43)53-29-26(18-64-68)66-39(27(29)41)55-21-49-31-33(45-19-47-35(31)55)51-37(57)23-9-4-2-5-10-23;35-21-23-19(57-33(21)47-15-41-25-27(37-13-39-29(25)47)43-31(49)17-7-3-1-4-8-17)11-55-60(53,54)46-24-20(12-56-59(51,52)45-23)58-34(22(24)36)48-16-42-26-28(38-14-40-30(26)48)44-32(50)18-9-5-2-6-10-18;;/h2-7,9-12,19-22,25-30,39-40H,8,14-18H2,(H,53,59)(H,54,60)(H,45,47,51,57)(H,46,48,52,58);1-10,13-16,19-24,33-34H,11-12H2,(H2,45,51,52)(H2,46,53,54)(H,37,39,43,49)(H,38,40,44,50);2*1H3/p-2/t25-,26-,27-,28-,29-,30-,39-,40-,67?,68?;19-,20-,21-,22-,23-,24-,33-,34-;;/m11../s1. The van der Waals surface area contributed by atoms with Crippen molar-refractivity contribution in [2.45, 2.75) is 105 Å². The predicted molar refractivity (Wildman–Crippen MR) is 440 cm³/mol. The minimum Gasteiger partial charge on any atom is -0.766 e. The fraction of sp³-hybridized carbons (Fsp3) is 0.324. The number of fused-ring (bicyclic) bond motifs is 8. The van der Waals surface area contributed by atoms with Crippen molar-refractivity contribution in [1.29, 1.82) is 5.26 Å². The highest BCUT2D eigenvalue weighted by Crippen LogP contribution is 2.54. The smallest absolute Gasteiger partial charge is 0.406 e. The predicted octanol–water partition coefficient (Wildman–Crippen LogP) is 6.55. The van der Waals surface area contributed by atoms with E-state index in [4.69, 9.17) is 52.7 Å². The Hall–Kier alpha value is -12.1. The molecule has 18 rings (SSSR count). The van der Waals surface area contributed by atoms with E-state index < -0.39 is 192 Å². The third kappa shape index (κ3) is 19.5. The lowest BCUT2D eigenvalue weighted by atomic mass is 10.1. The average Bonchev–Trinajstić information content (AvgIpc) is 1.62. The minimum absolute atomic E-state index is 0. The van der Waals surface area contributed by atoms with Crippen molar-refractivity contribution in [2.75, 3.05) is 67.5 Å². The molecule has 6 saturated heterocycles. The highest BCUT2D eigenvalue weighted by molar-refractivity contribution is 7.52. The summed E-state index contributed by atoms with van der Waals surface area (Å²) in [6, 6.07) is 28.0. The molecule has 8 aromatic heterocycles. The number of benzene rings is 4. The van der Waals surface area contributed by atoms with Crippen molar-refractivity contribution in [1.82, 2.24) is 111 Å². The van der Waals surface area contributed by atoms with Crippen molar-refractivity contribution >= 4 is 123 Å². The van der Waals surface area contributed by atoms with Gasteiger partial charge in [-0.3, -0.25) is 64.7 Å². The molecule has 4 amide bonds. The zero-order valence-electron chi connectivity index (χ0n) is 67.0. The Kier molecular flexibility index (Phi) is 28.0. The van der Waals surface area contributed by atoms with Crippen molar-refractivity contribution in [3.63, 3.8) is 0 Å². The Morgan fingerprint density at radius 1 is 0.423 bits per heavy atom. The monoisotopic (exact) mass is 1870 g/mol. The van der Waals surface area contributed by atoms with E-state index >= 15 is 17.6 Å². The largest absolute Gasteiger partial charge is 0.766 e. The van der Waals surface area contributed by atoms with Crippen LogP contribution in [0.25, 0.3) is 49.5 Å². The number of alkyl halides is 4. The van der Waals surface area contributed by atoms with Gasteiger partial charge in [0.2, 0.25) is 22.0 Å². The lowest BCUT2D eigenvalue weighted by Gasteiger charge is -2.35. The molecular formula is C74H74F4N28O20P4-2. The summed E-state index contributed by atoms with van der Waals surface area (Å²) < 4.78 is 185. The van der Waals surface area contributed by atoms with E-state index in [-0.39, 0.29) is 93.2 Å². The summed E-state index contributed by atoms with van der Waals surface area (Å²) in [5, 5.41) is 29.2. The van der Waals surface area contributed by atoms with E-state index in [1.54, 1.807) is 121 Å². The number of carbonyl (C=O) groups is 4. The van der Waals surface area contributed by atoms with Crippen molar-refractivity contribution in [3.05, 3.63) is 206 Å². The second-order valence-electron chi connectivity index (χ2n) is 28.8. The molecule has 0 bridgehead atoms. The maximum atomic E-state index is 17.1. The van der Waals surface area contributed by atoms with Gasteiger partial charge in [-0.25, -0.2) is 113 Å². The Bertz CT molecular complexity index is 6070. The number of anilines is 4. The number of hydrogen-bond acceptors (Lipinski definition) is 35. The molecule has 4 aromatic carbocycles. The first-order valence-electron chi connectivity index (χ1n) is 38.7. The highest BCUT2D eigenvalue weighted by atomic mass is 31.2. The molecule has 0 radical (unpaired) electrons. The molecule has 6 aliphatic rings. The van der Waals surface area contributed by atoms with Crippen molar-refractivity contribution < 1.29 is 111 Å². The minimum atomic E-state index is -5.25. The maximum absolute atomic E-state index is 17.1. The summed E-state index contributed by atoms with van der Waals surface area (Å²) >= 11 is 0. The van der Waals surface area contributed by atoms with Gasteiger partial charge in [0.25, 0.3) is 23.6 Å². The highest BCUT2D eigenvalue weighted by Gasteiger charge is 2.56. The van der Waals surface area contributed by atoms with E-state index in [0.29, 0.717) is 22.3 Å². The van der Waals surface area contributed by atoms with Gasteiger partial charge in [-0.05, 0) is 48.5 Å². The van der Waals surface area contributed by atoms with Crippen LogP contribution in [0, 0.1) is 17.9 Å². The molecule has 12 aromatic rings. The van der Waals surface area contributed by atoms with E-state index in [1.165, 1.54) is 21.8 Å². The van der Waals surface area contributed by atoms with E-state index in [2.05, 4.69) is 106 Å². The van der Waals surface area contributed by atoms with Crippen molar-refractivity contribution in [2.24, 2.45) is 0 Å². The number of nitrogens with one attached hydrogen (secondary N) is 8. The second-order valence-corrected chi connectivity index (χ2v) is 35.3. The van der Waals surface area contributed by atoms with Gasteiger partial charge in [0.15, 0.2) is 118 Å². The number of imidazole rings is 4. The Morgan fingerprint density at radius 2 is 0.685 bits per heavy atom. The van der Waals surface area contributed by atoms with Gasteiger partial charge in [0, 0.05) is 22.3 Å². The fourth-order valence-electron chi connectivity index (χ4n) is 14.7. The summed E-state index contributed by atoms with van der Waals surface area (Å²) in [4.78, 5) is 132. The fourth-order valence-corrected chi connectivity index (χ4v) is 20.0. The summed E-state index contributed by atoms with van der Waals surface area (Å²) in [5.41, 5.74) is 1.51. The van der Waals surface area contributed by atoms with Gasteiger partial charge in [-0.2, -0.15) is 5.26 Å². The Balaban J connectivity index is 0.000000198. The van der Waals surface area contributed by atoms with Gasteiger partial charge >= 0.3 is 15.5 Å². The number of nitriles is 1. The summed E-state index contributed by atoms with van der Waals surface area (Å²) in [6.07, 6.45) is -12.7. The Labute approximate surface area is 730 Å². The van der Waals surface area contributed by atoms with E-state index in [9.17, 15) is 52.5 Å². The number of rotatable bonds is 18. The molecule has 14 N–H and O–H groups in total. The molecule has 20 atom stereocenters. The molecule has 4 unspecified atom stereocenters. The lowest BCUT2D eigenvalue weighted by molar-refractivity contribution is -0.209. The lowest BCUT2D eigenvalue weighted by Crippen LogP contribution is -2.48. The molecule has 0 saturated carbocycles.